The highest BCUT2D eigenvalue weighted by Gasteiger charge is 2.61. The maximum Gasteiger partial charge on any atom is 0.412 e. The summed E-state index contributed by atoms with van der Waals surface area (Å²) >= 11 is 0.388. The van der Waals surface area contributed by atoms with Gasteiger partial charge in [-0.2, -0.15) is 18.2 Å². The van der Waals surface area contributed by atoms with Crippen LogP contribution in [0.15, 0.2) is 29.3 Å². The normalized spacial score (nSPS) is 23.2. The van der Waals surface area contributed by atoms with Gasteiger partial charge in [0.2, 0.25) is 0 Å². The number of nitrogens with one attached hydrogen (secondary N) is 1. The second-order valence-corrected chi connectivity index (χ2v) is 6.37. The summed E-state index contributed by atoms with van der Waals surface area (Å²) in [6.07, 6.45) is -4.66. The van der Waals surface area contributed by atoms with Gasteiger partial charge in [0, 0.05) is 5.56 Å². The van der Waals surface area contributed by atoms with Crippen LogP contribution in [-0.2, 0) is 4.79 Å². The molecule has 1 aliphatic rings. The Bertz CT molecular complexity index is 618. The van der Waals surface area contributed by atoms with Crippen molar-refractivity contribution in [1.29, 1.82) is 0 Å². The Morgan fingerprint density at radius 1 is 1.36 bits per heavy atom. The standard InChI is InChI=1S/C14H15F3N2O2S/c1-8(9-6-4-5-7-10(9)21-3)18-12-19-11(20)13(2,22-12)14(15,16)17/h4-8H,1-3H3,(H,18,19,20)/t8-,13+/m0/s1. The van der Waals surface area contributed by atoms with Crippen molar-refractivity contribution < 1.29 is 22.7 Å². The number of carbonyl (C=O) groups excluding carboxylic acids is 1. The molecule has 0 aliphatic carbocycles. The van der Waals surface area contributed by atoms with E-state index >= 15 is 0 Å². The van der Waals surface area contributed by atoms with Crippen molar-refractivity contribution in [3.8, 4) is 5.75 Å². The van der Waals surface area contributed by atoms with E-state index < -0.39 is 16.8 Å². The molecule has 0 unspecified atom stereocenters. The molecular weight excluding hydrogens is 317 g/mol. The lowest BCUT2D eigenvalue weighted by Crippen LogP contribution is -2.44. The van der Waals surface area contributed by atoms with Crippen LogP contribution in [-0.4, -0.2) is 29.1 Å². The van der Waals surface area contributed by atoms with Gasteiger partial charge < -0.3 is 10.1 Å². The van der Waals surface area contributed by atoms with Crippen molar-refractivity contribution in [3.63, 3.8) is 0 Å². The van der Waals surface area contributed by atoms with E-state index in [0.717, 1.165) is 12.5 Å². The lowest BCUT2D eigenvalue weighted by Gasteiger charge is -2.24. The van der Waals surface area contributed by atoms with Crippen LogP contribution in [0.25, 0.3) is 0 Å². The fourth-order valence-corrected chi connectivity index (χ4v) is 2.99. The van der Waals surface area contributed by atoms with Crippen LogP contribution in [0, 0.1) is 0 Å². The third-order valence-corrected chi connectivity index (χ3v) is 4.62. The summed E-state index contributed by atoms with van der Waals surface area (Å²) in [7, 11) is 1.51. The van der Waals surface area contributed by atoms with Crippen LogP contribution in [0.3, 0.4) is 0 Å². The number of para-hydroxylation sites is 1. The van der Waals surface area contributed by atoms with Gasteiger partial charge in [-0.05, 0) is 19.9 Å². The van der Waals surface area contributed by atoms with Gasteiger partial charge in [0.25, 0.3) is 5.91 Å². The third kappa shape index (κ3) is 2.92. The van der Waals surface area contributed by atoms with Gasteiger partial charge in [-0.25, -0.2) is 0 Å². The third-order valence-electron chi connectivity index (χ3n) is 3.40. The van der Waals surface area contributed by atoms with Crippen LogP contribution < -0.4 is 10.1 Å². The molecule has 2 rings (SSSR count). The number of alkyl halides is 3. The molecule has 0 spiro atoms. The van der Waals surface area contributed by atoms with Crippen LogP contribution >= 0.6 is 11.8 Å². The van der Waals surface area contributed by atoms with Crippen molar-refractivity contribution >= 4 is 22.8 Å². The molecular formula is C14H15F3N2O2S. The molecule has 8 heteroatoms. The molecule has 4 nitrogen and oxygen atoms in total. The van der Waals surface area contributed by atoms with Crippen LogP contribution in [0.5, 0.6) is 5.75 Å². The molecule has 120 valence electrons. The first-order chi connectivity index (χ1) is 10.2. The van der Waals surface area contributed by atoms with E-state index in [1.54, 1.807) is 31.2 Å². The fraction of sp³-hybridized carbons (Fsp3) is 0.429. The van der Waals surface area contributed by atoms with Crippen molar-refractivity contribution in [3.05, 3.63) is 29.8 Å². The van der Waals surface area contributed by atoms with Crippen LogP contribution in [0.4, 0.5) is 13.2 Å². The highest BCUT2D eigenvalue weighted by atomic mass is 32.2. The monoisotopic (exact) mass is 332 g/mol. The number of hydrogen-bond donors (Lipinski definition) is 1. The highest BCUT2D eigenvalue weighted by Crippen LogP contribution is 2.46. The Kier molecular flexibility index (Phi) is 4.42. The number of aliphatic imine (C=N–C) groups is 1. The molecule has 1 heterocycles. The Morgan fingerprint density at radius 3 is 2.55 bits per heavy atom. The maximum atomic E-state index is 13.0. The first-order valence-corrected chi connectivity index (χ1v) is 7.29. The van der Waals surface area contributed by atoms with Crippen molar-refractivity contribution in [2.45, 2.75) is 30.8 Å². The van der Waals surface area contributed by atoms with E-state index in [-0.39, 0.29) is 11.2 Å². The minimum absolute atomic E-state index is 0.0387. The quantitative estimate of drug-likeness (QED) is 0.923. The Balaban J connectivity index is 2.16. The second kappa shape index (κ2) is 5.83. The van der Waals surface area contributed by atoms with Crippen molar-refractivity contribution in [2.75, 3.05) is 7.11 Å². The van der Waals surface area contributed by atoms with E-state index in [9.17, 15) is 18.0 Å². The van der Waals surface area contributed by atoms with Crippen LogP contribution in [0.2, 0.25) is 0 Å². The summed E-state index contributed by atoms with van der Waals surface area (Å²) in [5.74, 6) is -0.587. The maximum absolute atomic E-state index is 13.0. The molecule has 0 saturated carbocycles. The van der Waals surface area contributed by atoms with Gasteiger partial charge in [0.1, 0.15) is 5.75 Å². The summed E-state index contributed by atoms with van der Waals surface area (Å²) in [4.78, 5) is 15.1. The number of benzene rings is 1. The van der Waals surface area contributed by atoms with Gasteiger partial charge in [0.05, 0.1) is 13.2 Å². The number of rotatable bonds is 3. The van der Waals surface area contributed by atoms with Gasteiger partial charge in [-0.15, -0.1) is 0 Å². The number of methoxy groups -OCH3 is 1. The first-order valence-electron chi connectivity index (χ1n) is 6.47. The van der Waals surface area contributed by atoms with E-state index in [2.05, 4.69) is 10.3 Å². The molecule has 0 saturated heterocycles. The minimum Gasteiger partial charge on any atom is -0.496 e. The number of amidine groups is 1. The predicted molar refractivity (Wildman–Crippen MR) is 79.0 cm³/mol. The van der Waals surface area contributed by atoms with E-state index in [0.29, 0.717) is 17.5 Å². The molecule has 0 radical (unpaired) electrons. The van der Waals surface area contributed by atoms with Gasteiger partial charge in [-0.3, -0.25) is 4.79 Å². The highest BCUT2D eigenvalue weighted by molar-refractivity contribution is 8.16. The Morgan fingerprint density at radius 2 is 2.00 bits per heavy atom. The molecule has 1 aromatic carbocycles. The van der Waals surface area contributed by atoms with Crippen molar-refractivity contribution in [2.24, 2.45) is 4.99 Å². The summed E-state index contributed by atoms with van der Waals surface area (Å²) in [6.45, 7) is 2.60. The molecule has 0 aromatic heterocycles. The molecule has 0 bridgehead atoms. The Labute approximate surface area is 130 Å². The summed E-state index contributed by atoms with van der Waals surface area (Å²) in [5, 5.41) is 2.80. The van der Waals surface area contributed by atoms with E-state index in [4.69, 9.17) is 4.74 Å². The number of ether oxygens (including phenoxy) is 1. The zero-order valence-corrected chi connectivity index (χ0v) is 13.0. The van der Waals surface area contributed by atoms with Gasteiger partial charge >= 0.3 is 6.18 Å². The summed E-state index contributed by atoms with van der Waals surface area (Å²) in [5.41, 5.74) is 0.765. The molecule has 22 heavy (non-hydrogen) atoms. The van der Waals surface area contributed by atoms with E-state index in [1.165, 1.54) is 7.11 Å². The second-order valence-electron chi connectivity index (χ2n) is 4.96. The summed E-state index contributed by atoms with van der Waals surface area (Å²) < 4.78 is 41.6. The lowest BCUT2D eigenvalue weighted by molar-refractivity contribution is -0.165. The number of hydrogen-bond acceptors (Lipinski definition) is 4. The van der Waals surface area contributed by atoms with Crippen LogP contribution in [0.1, 0.15) is 25.5 Å². The molecule has 2 atom stereocenters. The molecule has 0 fully saturated rings. The number of carbonyl (C=O) groups is 1. The van der Waals surface area contributed by atoms with E-state index in [1.807, 2.05) is 0 Å². The Hall–Kier alpha value is -1.70. The zero-order valence-electron chi connectivity index (χ0n) is 12.2. The largest absolute Gasteiger partial charge is 0.496 e. The average molecular weight is 332 g/mol. The molecule has 1 N–H and O–H groups in total. The zero-order chi connectivity index (χ0) is 16.5. The topological polar surface area (TPSA) is 50.7 Å². The minimum atomic E-state index is -4.66. The summed E-state index contributed by atoms with van der Waals surface area (Å²) in [6, 6.07) is 6.78. The predicted octanol–water partition coefficient (Wildman–Crippen LogP) is 3.30. The molecule has 1 aliphatic heterocycles. The fourth-order valence-electron chi connectivity index (χ4n) is 1.99. The number of nitrogens with zero attached hydrogens (tertiary/aromatic N) is 1. The number of thioether (sulfide) groups is 1. The van der Waals surface area contributed by atoms with Gasteiger partial charge in [-0.1, -0.05) is 30.0 Å². The number of amides is 1. The average Bonchev–Trinajstić information content (AvgIpc) is 2.74. The SMILES string of the molecule is COc1ccccc1[C@H](C)NC1=NC(=O)[C@](C)(C(F)(F)F)S1. The smallest absolute Gasteiger partial charge is 0.412 e. The van der Waals surface area contributed by atoms with Gasteiger partial charge in [0.15, 0.2) is 9.91 Å². The first kappa shape index (κ1) is 16.7. The van der Waals surface area contributed by atoms with Crippen molar-refractivity contribution in [1.82, 2.24) is 5.32 Å². The molecule has 1 amide bonds. The molecule has 1 aromatic rings. The number of halogens is 3. The lowest BCUT2D eigenvalue weighted by atomic mass is 10.1.